The van der Waals surface area contributed by atoms with Crippen molar-refractivity contribution < 1.29 is 19.1 Å². The number of piperazine rings is 1. The van der Waals surface area contributed by atoms with Gasteiger partial charge in [0, 0.05) is 29.7 Å². The first kappa shape index (κ1) is 17.8. The van der Waals surface area contributed by atoms with Crippen molar-refractivity contribution in [3.05, 3.63) is 40.6 Å². The van der Waals surface area contributed by atoms with E-state index in [0.717, 1.165) is 10.6 Å². The summed E-state index contributed by atoms with van der Waals surface area (Å²) in [5, 5.41) is 4.78. The number of hydrogen-bond acceptors (Lipinski definition) is 6. The Bertz CT molecular complexity index is 824. The van der Waals surface area contributed by atoms with Crippen LogP contribution in [0.2, 0.25) is 0 Å². The Labute approximate surface area is 161 Å². The SMILES string of the molecule is O=C1CN(CC(=O)N(Cc2cccs2)c2ccc3c(c2)OCCO3)CCN1. The monoisotopic (exact) mass is 387 g/mol. The predicted octanol–water partition coefficient (Wildman–Crippen LogP) is 1.48. The van der Waals surface area contributed by atoms with E-state index in [4.69, 9.17) is 9.47 Å². The molecule has 0 saturated carbocycles. The lowest BCUT2D eigenvalue weighted by Crippen LogP contribution is -2.51. The molecule has 0 aliphatic carbocycles. The Hall–Kier alpha value is -2.58. The van der Waals surface area contributed by atoms with Crippen molar-refractivity contribution in [2.45, 2.75) is 6.54 Å². The van der Waals surface area contributed by atoms with Gasteiger partial charge in [-0.05, 0) is 23.6 Å². The van der Waals surface area contributed by atoms with Gasteiger partial charge in [-0.15, -0.1) is 11.3 Å². The van der Waals surface area contributed by atoms with Gasteiger partial charge in [0.05, 0.1) is 19.6 Å². The van der Waals surface area contributed by atoms with E-state index in [2.05, 4.69) is 5.32 Å². The lowest BCUT2D eigenvalue weighted by Gasteiger charge is -2.30. The van der Waals surface area contributed by atoms with E-state index in [0.29, 0.717) is 44.3 Å². The third-order valence-corrected chi connectivity index (χ3v) is 5.37. The molecule has 2 aliphatic rings. The zero-order valence-corrected chi connectivity index (χ0v) is 15.7. The molecule has 1 N–H and O–H groups in total. The van der Waals surface area contributed by atoms with Crippen molar-refractivity contribution in [1.29, 1.82) is 0 Å². The second kappa shape index (κ2) is 7.98. The largest absolute Gasteiger partial charge is 0.486 e. The Morgan fingerprint density at radius 1 is 1.22 bits per heavy atom. The van der Waals surface area contributed by atoms with Crippen molar-refractivity contribution in [2.24, 2.45) is 0 Å². The molecule has 2 aromatic rings. The summed E-state index contributed by atoms with van der Waals surface area (Å²) in [5.74, 6) is 1.26. The van der Waals surface area contributed by atoms with Crippen LogP contribution >= 0.6 is 11.3 Å². The van der Waals surface area contributed by atoms with Crippen molar-refractivity contribution in [2.75, 3.05) is 44.3 Å². The van der Waals surface area contributed by atoms with Gasteiger partial charge in [0.15, 0.2) is 11.5 Å². The fourth-order valence-corrected chi connectivity index (χ4v) is 3.88. The zero-order chi connectivity index (χ0) is 18.6. The molecule has 2 aliphatic heterocycles. The van der Waals surface area contributed by atoms with E-state index in [1.54, 1.807) is 16.2 Å². The second-order valence-electron chi connectivity index (χ2n) is 6.45. The van der Waals surface area contributed by atoms with Gasteiger partial charge in [0.25, 0.3) is 0 Å². The molecule has 0 atom stereocenters. The van der Waals surface area contributed by atoms with E-state index >= 15 is 0 Å². The van der Waals surface area contributed by atoms with Gasteiger partial charge in [-0.25, -0.2) is 0 Å². The summed E-state index contributed by atoms with van der Waals surface area (Å²) < 4.78 is 11.2. The average molecular weight is 387 g/mol. The molecule has 8 heteroatoms. The van der Waals surface area contributed by atoms with E-state index in [-0.39, 0.29) is 24.9 Å². The zero-order valence-electron chi connectivity index (χ0n) is 14.8. The number of anilines is 1. The molecule has 27 heavy (non-hydrogen) atoms. The summed E-state index contributed by atoms with van der Waals surface area (Å²) in [7, 11) is 0. The number of amides is 2. The van der Waals surface area contributed by atoms with Crippen LogP contribution in [0.3, 0.4) is 0 Å². The normalized spacial score (nSPS) is 16.7. The molecule has 1 saturated heterocycles. The minimum Gasteiger partial charge on any atom is -0.486 e. The molecule has 1 aromatic carbocycles. The van der Waals surface area contributed by atoms with E-state index < -0.39 is 0 Å². The fraction of sp³-hybridized carbons (Fsp3) is 0.368. The number of nitrogens with zero attached hydrogens (tertiary/aromatic N) is 2. The van der Waals surface area contributed by atoms with Crippen LogP contribution in [-0.2, 0) is 16.1 Å². The Morgan fingerprint density at radius 3 is 2.85 bits per heavy atom. The molecule has 0 bridgehead atoms. The van der Waals surface area contributed by atoms with Gasteiger partial charge in [-0.3, -0.25) is 14.5 Å². The Morgan fingerprint density at radius 2 is 2.07 bits per heavy atom. The third kappa shape index (κ3) is 4.23. The summed E-state index contributed by atoms with van der Waals surface area (Å²) in [5.41, 5.74) is 0.763. The van der Waals surface area contributed by atoms with E-state index in [9.17, 15) is 9.59 Å². The number of fused-ring (bicyclic) bond motifs is 1. The number of nitrogens with one attached hydrogen (secondary N) is 1. The summed E-state index contributed by atoms with van der Waals surface area (Å²) in [6.45, 7) is 3.20. The highest BCUT2D eigenvalue weighted by Crippen LogP contribution is 2.34. The Kier molecular flexibility index (Phi) is 5.26. The van der Waals surface area contributed by atoms with Crippen LogP contribution in [0.1, 0.15) is 4.88 Å². The number of rotatable bonds is 5. The molecular formula is C19H21N3O4S. The predicted molar refractivity (Wildman–Crippen MR) is 102 cm³/mol. The van der Waals surface area contributed by atoms with Crippen LogP contribution < -0.4 is 19.7 Å². The van der Waals surface area contributed by atoms with Crippen molar-refractivity contribution in [1.82, 2.24) is 10.2 Å². The topological polar surface area (TPSA) is 71.1 Å². The van der Waals surface area contributed by atoms with Gasteiger partial charge in [0.2, 0.25) is 11.8 Å². The lowest BCUT2D eigenvalue weighted by atomic mass is 10.2. The number of ether oxygens (including phenoxy) is 2. The van der Waals surface area contributed by atoms with Gasteiger partial charge >= 0.3 is 0 Å². The molecule has 1 aromatic heterocycles. The van der Waals surface area contributed by atoms with Crippen LogP contribution in [0.5, 0.6) is 11.5 Å². The smallest absolute Gasteiger partial charge is 0.241 e. The molecule has 0 radical (unpaired) electrons. The maximum atomic E-state index is 13.1. The molecule has 1 fully saturated rings. The van der Waals surface area contributed by atoms with Crippen LogP contribution in [0.15, 0.2) is 35.7 Å². The summed E-state index contributed by atoms with van der Waals surface area (Å²) in [4.78, 5) is 29.4. The van der Waals surface area contributed by atoms with E-state index in [1.165, 1.54) is 0 Å². The average Bonchev–Trinajstić information content (AvgIpc) is 3.19. The van der Waals surface area contributed by atoms with Crippen molar-refractivity contribution in [3.8, 4) is 11.5 Å². The van der Waals surface area contributed by atoms with Gasteiger partial charge in [0.1, 0.15) is 13.2 Å². The first-order valence-electron chi connectivity index (χ1n) is 8.90. The number of thiophene rings is 1. The molecule has 142 valence electrons. The maximum Gasteiger partial charge on any atom is 0.241 e. The van der Waals surface area contributed by atoms with Crippen LogP contribution in [0.4, 0.5) is 5.69 Å². The molecule has 3 heterocycles. The third-order valence-electron chi connectivity index (χ3n) is 4.51. The van der Waals surface area contributed by atoms with Gasteiger partial charge < -0.3 is 19.7 Å². The highest BCUT2D eigenvalue weighted by molar-refractivity contribution is 7.09. The number of carbonyl (C=O) groups is 2. The number of hydrogen-bond donors (Lipinski definition) is 1. The molecule has 0 unspecified atom stereocenters. The number of benzene rings is 1. The highest BCUT2D eigenvalue weighted by atomic mass is 32.1. The first-order valence-corrected chi connectivity index (χ1v) is 9.78. The summed E-state index contributed by atoms with van der Waals surface area (Å²) in [6.07, 6.45) is 0. The first-order chi connectivity index (χ1) is 13.2. The van der Waals surface area contributed by atoms with Gasteiger partial charge in [-0.2, -0.15) is 0 Å². The summed E-state index contributed by atoms with van der Waals surface area (Å²) >= 11 is 1.61. The van der Waals surface area contributed by atoms with Crippen LogP contribution in [0.25, 0.3) is 0 Å². The van der Waals surface area contributed by atoms with E-state index in [1.807, 2.05) is 40.6 Å². The van der Waals surface area contributed by atoms with Crippen LogP contribution in [-0.4, -0.2) is 56.1 Å². The van der Waals surface area contributed by atoms with Crippen molar-refractivity contribution in [3.63, 3.8) is 0 Å². The maximum absolute atomic E-state index is 13.1. The van der Waals surface area contributed by atoms with Crippen LogP contribution in [0, 0.1) is 0 Å². The molecule has 0 spiro atoms. The second-order valence-corrected chi connectivity index (χ2v) is 7.48. The molecule has 7 nitrogen and oxygen atoms in total. The molecule has 2 amide bonds. The molecular weight excluding hydrogens is 366 g/mol. The lowest BCUT2D eigenvalue weighted by molar-refractivity contribution is -0.126. The minimum atomic E-state index is -0.0465. The molecule has 4 rings (SSSR count). The quantitative estimate of drug-likeness (QED) is 0.842. The fourth-order valence-electron chi connectivity index (χ4n) is 3.18. The number of carbonyl (C=O) groups excluding carboxylic acids is 2. The van der Waals surface area contributed by atoms with Gasteiger partial charge in [-0.1, -0.05) is 6.07 Å². The van der Waals surface area contributed by atoms with Crippen molar-refractivity contribution >= 4 is 28.8 Å². The highest BCUT2D eigenvalue weighted by Gasteiger charge is 2.24. The standard InChI is InChI=1S/C19H21N3O4S/c23-18-12-21(6-5-20-18)13-19(24)22(11-15-2-1-9-27-15)14-3-4-16-17(10-14)26-8-7-25-16/h1-4,9-10H,5-8,11-13H2,(H,20,23). The minimum absolute atomic E-state index is 0.0433. The Balaban J connectivity index is 1.56. The summed E-state index contributed by atoms with van der Waals surface area (Å²) in [6, 6.07) is 9.55.